The predicted molar refractivity (Wildman–Crippen MR) is 105 cm³/mol. The van der Waals surface area contributed by atoms with Gasteiger partial charge in [-0.1, -0.05) is 48.5 Å². The summed E-state index contributed by atoms with van der Waals surface area (Å²) >= 11 is 0. The van der Waals surface area contributed by atoms with E-state index in [-0.39, 0.29) is 19.1 Å². The third-order valence-electron chi connectivity index (χ3n) is 3.77. The van der Waals surface area contributed by atoms with Crippen molar-refractivity contribution in [2.24, 2.45) is 0 Å². The summed E-state index contributed by atoms with van der Waals surface area (Å²) in [5, 5.41) is 0. The Hall–Kier alpha value is -2.82. The molecule has 0 radical (unpaired) electrons. The van der Waals surface area contributed by atoms with Gasteiger partial charge in [-0.25, -0.2) is 0 Å². The van der Waals surface area contributed by atoms with Crippen molar-refractivity contribution in [2.45, 2.75) is 32.8 Å². The molecule has 5 heteroatoms. The Labute approximate surface area is 160 Å². The summed E-state index contributed by atoms with van der Waals surface area (Å²) in [5.41, 5.74) is 1.60. The number of rotatable bonds is 7. The summed E-state index contributed by atoms with van der Waals surface area (Å²) in [7, 11) is 1.56. The molecule has 0 bridgehead atoms. The topological polar surface area (TPSA) is 55.8 Å². The van der Waals surface area contributed by atoms with Crippen LogP contribution in [-0.4, -0.2) is 42.6 Å². The van der Waals surface area contributed by atoms with Crippen LogP contribution in [0.4, 0.5) is 0 Å². The molecule has 0 heterocycles. The quantitative estimate of drug-likeness (QED) is 0.702. The molecule has 27 heavy (non-hydrogen) atoms. The van der Waals surface area contributed by atoms with Crippen molar-refractivity contribution in [3.05, 3.63) is 65.7 Å². The van der Waals surface area contributed by atoms with E-state index < -0.39 is 11.6 Å². The minimum absolute atomic E-state index is 0.106. The first kappa shape index (κ1) is 20.5. The second-order valence-corrected chi connectivity index (χ2v) is 7.40. The number of benzene rings is 2. The van der Waals surface area contributed by atoms with Crippen LogP contribution in [-0.2, 0) is 20.7 Å². The average molecular weight is 369 g/mol. The second-order valence-electron chi connectivity index (χ2n) is 7.40. The highest BCUT2D eigenvalue weighted by atomic mass is 16.6. The molecule has 0 N–H and O–H groups in total. The molecular formula is C22H27NO4. The van der Waals surface area contributed by atoms with Crippen molar-refractivity contribution in [2.75, 3.05) is 20.2 Å². The van der Waals surface area contributed by atoms with Crippen LogP contribution in [0.2, 0.25) is 0 Å². The molecule has 0 unspecified atom stereocenters. The van der Waals surface area contributed by atoms with Gasteiger partial charge in [0, 0.05) is 13.5 Å². The van der Waals surface area contributed by atoms with Crippen molar-refractivity contribution in [1.82, 2.24) is 4.90 Å². The smallest absolute Gasteiger partial charge is 0.326 e. The van der Waals surface area contributed by atoms with Crippen molar-refractivity contribution < 1.29 is 19.1 Å². The molecule has 2 aromatic rings. The lowest BCUT2D eigenvalue weighted by Crippen LogP contribution is -2.38. The molecule has 144 valence electrons. The summed E-state index contributed by atoms with van der Waals surface area (Å²) in [4.78, 5) is 25.4. The monoisotopic (exact) mass is 369 g/mol. The normalized spacial score (nSPS) is 11.0. The predicted octanol–water partition coefficient (Wildman–Crippen LogP) is 3.46. The number of para-hydroxylation sites is 1. The summed E-state index contributed by atoms with van der Waals surface area (Å²) < 4.78 is 11.0. The molecule has 0 spiro atoms. The largest absolute Gasteiger partial charge is 0.483 e. The third-order valence-corrected chi connectivity index (χ3v) is 3.77. The Kier molecular flexibility index (Phi) is 6.99. The van der Waals surface area contributed by atoms with E-state index in [9.17, 15) is 9.59 Å². The van der Waals surface area contributed by atoms with Crippen LogP contribution in [0.15, 0.2) is 54.6 Å². The average Bonchev–Trinajstić information content (AvgIpc) is 2.60. The van der Waals surface area contributed by atoms with E-state index in [2.05, 4.69) is 12.1 Å². The molecule has 0 aromatic heterocycles. The van der Waals surface area contributed by atoms with Gasteiger partial charge in [0.15, 0.2) is 6.61 Å². The highest BCUT2D eigenvalue weighted by Gasteiger charge is 2.20. The zero-order valence-corrected chi connectivity index (χ0v) is 16.4. The minimum atomic E-state index is -0.576. The standard InChI is InChI=1S/C22H27NO4/c1-22(2,3)27-21(25)15-23(4)20(24)16-26-19-13-9-8-12-18(19)14-17-10-6-5-7-11-17/h5-13H,14-16H2,1-4H3. The number of ether oxygens (including phenoxy) is 2. The first-order valence-electron chi connectivity index (χ1n) is 8.95. The SMILES string of the molecule is CN(CC(=O)OC(C)(C)C)C(=O)COc1ccccc1Cc1ccccc1. The molecule has 0 atom stereocenters. The molecular weight excluding hydrogens is 342 g/mol. The van der Waals surface area contributed by atoms with Gasteiger partial charge >= 0.3 is 5.97 Å². The van der Waals surface area contributed by atoms with Crippen LogP contribution >= 0.6 is 0 Å². The summed E-state index contributed by atoms with van der Waals surface area (Å²) in [6, 6.07) is 17.7. The van der Waals surface area contributed by atoms with E-state index in [0.29, 0.717) is 5.75 Å². The fraction of sp³-hybridized carbons (Fsp3) is 0.364. The van der Waals surface area contributed by atoms with Gasteiger partial charge in [0.2, 0.25) is 0 Å². The van der Waals surface area contributed by atoms with Crippen LogP contribution in [0, 0.1) is 0 Å². The van der Waals surface area contributed by atoms with Gasteiger partial charge in [-0.2, -0.15) is 0 Å². The van der Waals surface area contributed by atoms with Gasteiger partial charge in [0.1, 0.15) is 17.9 Å². The number of likely N-dealkylation sites (N-methyl/N-ethyl adjacent to an activating group) is 1. The van der Waals surface area contributed by atoms with E-state index in [0.717, 1.165) is 12.0 Å². The Bertz CT molecular complexity index is 765. The molecule has 1 amide bonds. The maximum Gasteiger partial charge on any atom is 0.326 e. The van der Waals surface area contributed by atoms with E-state index in [1.807, 2.05) is 42.5 Å². The van der Waals surface area contributed by atoms with E-state index in [1.54, 1.807) is 27.8 Å². The van der Waals surface area contributed by atoms with Crippen LogP contribution < -0.4 is 4.74 Å². The second kappa shape index (κ2) is 9.21. The molecule has 5 nitrogen and oxygen atoms in total. The number of amides is 1. The molecule has 0 aliphatic heterocycles. The van der Waals surface area contributed by atoms with Gasteiger partial charge in [0.05, 0.1) is 0 Å². The molecule has 0 saturated heterocycles. The van der Waals surface area contributed by atoms with Crippen molar-refractivity contribution >= 4 is 11.9 Å². The fourth-order valence-corrected chi connectivity index (χ4v) is 2.51. The maximum atomic E-state index is 12.3. The van der Waals surface area contributed by atoms with Crippen LogP contribution in [0.1, 0.15) is 31.9 Å². The van der Waals surface area contributed by atoms with E-state index >= 15 is 0 Å². The summed E-state index contributed by atoms with van der Waals surface area (Å²) in [6.07, 6.45) is 0.721. The molecule has 2 aromatic carbocycles. The first-order chi connectivity index (χ1) is 12.7. The van der Waals surface area contributed by atoms with Gasteiger partial charge in [-0.05, 0) is 38.0 Å². The van der Waals surface area contributed by atoms with Gasteiger partial charge in [0.25, 0.3) is 5.91 Å². The maximum absolute atomic E-state index is 12.3. The van der Waals surface area contributed by atoms with Gasteiger partial charge < -0.3 is 14.4 Å². The number of hydrogen-bond acceptors (Lipinski definition) is 4. The molecule has 0 aliphatic rings. The Morgan fingerprint density at radius 3 is 2.26 bits per heavy atom. The number of esters is 1. The third kappa shape index (κ3) is 7.13. The number of nitrogens with zero attached hydrogens (tertiary/aromatic N) is 1. The zero-order valence-electron chi connectivity index (χ0n) is 16.4. The van der Waals surface area contributed by atoms with Gasteiger partial charge in [-0.3, -0.25) is 9.59 Å². The van der Waals surface area contributed by atoms with Crippen molar-refractivity contribution in [3.8, 4) is 5.75 Å². The highest BCUT2D eigenvalue weighted by molar-refractivity contribution is 5.83. The Morgan fingerprint density at radius 1 is 0.963 bits per heavy atom. The van der Waals surface area contributed by atoms with Crippen molar-refractivity contribution in [1.29, 1.82) is 0 Å². The minimum Gasteiger partial charge on any atom is -0.483 e. The van der Waals surface area contributed by atoms with E-state index in [1.165, 1.54) is 10.5 Å². The van der Waals surface area contributed by atoms with Crippen LogP contribution in [0.3, 0.4) is 0 Å². The first-order valence-corrected chi connectivity index (χ1v) is 8.95. The summed E-state index contributed by atoms with van der Waals surface area (Å²) in [6.45, 7) is 5.13. The Morgan fingerprint density at radius 2 is 1.59 bits per heavy atom. The highest BCUT2D eigenvalue weighted by Crippen LogP contribution is 2.21. The lowest BCUT2D eigenvalue weighted by Gasteiger charge is -2.22. The summed E-state index contributed by atoms with van der Waals surface area (Å²) in [5.74, 6) is -0.0569. The Balaban J connectivity index is 1.92. The molecule has 2 rings (SSSR count). The number of hydrogen-bond donors (Lipinski definition) is 0. The zero-order chi connectivity index (χ0) is 19.9. The van der Waals surface area contributed by atoms with Gasteiger partial charge in [-0.15, -0.1) is 0 Å². The van der Waals surface area contributed by atoms with Crippen molar-refractivity contribution in [3.63, 3.8) is 0 Å². The molecule has 0 saturated carbocycles. The molecule has 0 fully saturated rings. The lowest BCUT2D eigenvalue weighted by atomic mass is 10.0. The van der Waals surface area contributed by atoms with Crippen LogP contribution in [0.5, 0.6) is 5.75 Å². The number of carbonyl (C=O) groups is 2. The lowest BCUT2D eigenvalue weighted by molar-refractivity contribution is -0.158. The number of carbonyl (C=O) groups excluding carboxylic acids is 2. The van der Waals surface area contributed by atoms with E-state index in [4.69, 9.17) is 9.47 Å². The molecule has 0 aliphatic carbocycles. The van der Waals surface area contributed by atoms with Crippen LogP contribution in [0.25, 0.3) is 0 Å². The fourth-order valence-electron chi connectivity index (χ4n) is 2.51.